The Morgan fingerprint density at radius 3 is 2.48 bits per heavy atom. The summed E-state index contributed by atoms with van der Waals surface area (Å²) >= 11 is 0. The number of aromatic nitrogens is 1. The molecule has 0 atom stereocenters. The Morgan fingerprint density at radius 2 is 1.73 bits per heavy atom. The van der Waals surface area contributed by atoms with Crippen molar-refractivity contribution in [2.75, 3.05) is 6.54 Å². The molecule has 0 aliphatic carbocycles. The number of rotatable bonds is 4. The van der Waals surface area contributed by atoms with Gasteiger partial charge in [-0.2, -0.15) is 0 Å². The summed E-state index contributed by atoms with van der Waals surface area (Å²) in [5.74, 6) is 0. The summed E-state index contributed by atoms with van der Waals surface area (Å²) in [6.45, 7) is 11.0. The van der Waals surface area contributed by atoms with Crippen molar-refractivity contribution < 1.29 is 0 Å². The number of allylic oxidation sites excluding steroid dienone is 7. The molecule has 0 amide bonds. The standard InChI is InChI=1S/C30H29N3/c1-4-25(16-12-19-31)32-20-11-10-13-23(2)24(3)21-28-27-17-8-9-18-29(27)33(30(28)22-32)26-14-6-5-7-15-26/h4-18,20-22H,2-3,19,31H2,1H3/b13-10-,16-12-,20-11-,25-4+,28-21-,30-22+. The molecule has 2 heterocycles. The molecule has 0 radical (unpaired) electrons. The minimum atomic E-state index is 0.484. The Balaban J connectivity index is 2.16. The first-order valence-corrected chi connectivity index (χ1v) is 11.1. The molecule has 33 heavy (non-hydrogen) atoms. The van der Waals surface area contributed by atoms with Gasteiger partial charge in [0.2, 0.25) is 0 Å². The Morgan fingerprint density at radius 1 is 0.970 bits per heavy atom. The second-order valence-electron chi connectivity index (χ2n) is 7.77. The van der Waals surface area contributed by atoms with E-state index in [1.54, 1.807) is 0 Å². The highest BCUT2D eigenvalue weighted by atomic mass is 15.1. The van der Waals surface area contributed by atoms with Crippen molar-refractivity contribution in [2.24, 2.45) is 5.73 Å². The van der Waals surface area contributed by atoms with Crippen molar-refractivity contribution in [2.45, 2.75) is 6.92 Å². The zero-order chi connectivity index (χ0) is 23.2. The van der Waals surface area contributed by atoms with E-state index in [0.29, 0.717) is 6.54 Å². The lowest BCUT2D eigenvalue weighted by molar-refractivity contribution is 0.697. The normalized spacial score (nSPS) is 18.8. The van der Waals surface area contributed by atoms with E-state index in [1.807, 2.05) is 49.6 Å². The average Bonchev–Trinajstić information content (AvgIpc) is 3.13. The third-order valence-corrected chi connectivity index (χ3v) is 5.63. The number of benzene rings is 2. The molecule has 1 aliphatic heterocycles. The van der Waals surface area contributed by atoms with Crippen LogP contribution in [0.3, 0.4) is 0 Å². The van der Waals surface area contributed by atoms with Gasteiger partial charge in [0, 0.05) is 40.9 Å². The molecule has 0 bridgehead atoms. The largest absolute Gasteiger partial charge is 0.327 e. The lowest BCUT2D eigenvalue weighted by Crippen LogP contribution is -2.31. The molecular formula is C30H29N3. The average molecular weight is 432 g/mol. The van der Waals surface area contributed by atoms with E-state index in [0.717, 1.165) is 44.0 Å². The van der Waals surface area contributed by atoms with Crippen LogP contribution in [-0.4, -0.2) is 16.0 Å². The molecule has 3 heteroatoms. The lowest BCUT2D eigenvalue weighted by atomic mass is 10.1. The number of nitrogens with zero attached hydrogens (tertiary/aromatic N) is 2. The first-order valence-electron chi connectivity index (χ1n) is 11.1. The van der Waals surface area contributed by atoms with Gasteiger partial charge in [-0.3, -0.25) is 0 Å². The Labute approximate surface area is 195 Å². The van der Waals surface area contributed by atoms with Crippen molar-refractivity contribution in [3.05, 3.63) is 138 Å². The van der Waals surface area contributed by atoms with E-state index in [9.17, 15) is 0 Å². The van der Waals surface area contributed by atoms with Crippen LogP contribution < -0.4 is 16.3 Å². The predicted octanol–water partition coefficient (Wildman–Crippen LogP) is 5.07. The van der Waals surface area contributed by atoms with Crippen LogP contribution in [0.15, 0.2) is 127 Å². The minimum Gasteiger partial charge on any atom is -0.327 e. The summed E-state index contributed by atoms with van der Waals surface area (Å²) in [5.41, 5.74) is 10.8. The molecule has 0 spiro atoms. The number of hydrogen-bond acceptors (Lipinski definition) is 2. The summed E-state index contributed by atoms with van der Waals surface area (Å²) in [6, 6.07) is 18.9. The van der Waals surface area contributed by atoms with E-state index in [2.05, 4.69) is 89.5 Å². The maximum absolute atomic E-state index is 5.74. The molecule has 1 aliphatic rings. The van der Waals surface area contributed by atoms with Crippen LogP contribution in [0.1, 0.15) is 6.92 Å². The maximum Gasteiger partial charge on any atom is 0.0707 e. The topological polar surface area (TPSA) is 34.2 Å². The number of hydrogen-bond donors (Lipinski definition) is 1. The first kappa shape index (κ1) is 22.1. The van der Waals surface area contributed by atoms with Crippen molar-refractivity contribution in [3.8, 4) is 5.69 Å². The quantitative estimate of drug-likeness (QED) is 0.586. The zero-order valence-electron chi connectivity index (χ0n) is 19.0. The van der Waals surface area contributed by atoms with Gasteiger partial charge in [0.25, 0.3) is 0 Å². The van der Waals surface area contributed by atoms with Crippen LogP contribution in [0.5, 0.6) is 0 Å². The van der Waals surface area contributed by atoms with Crippen molar-refractivity contribution >= 4 is 23.2 Å². The lowest BCUT2D eigenvalue weighted by Gasteiger charge is -2.17. The van der Waals surface area contributed by atoms with Gasteiger partial charge in [-0.05, 0) is 54.5 Å². The van der Waals surface area contributed by atoms with Crippen LogP contribution in [-0.2, 0) is 0 Å². The van der Waals surface area contributed by atoms with Gasteiger partial charge in [-0.25, -0.2) is 0 Å². The third-order valence-electron chi connectivity index (χ3n) is 5.63. The molecule has 0 saturated carbocycles. The highest BCUT2D eigenvalue weighted by Gasteiger charge is 2.12. The fraction of sp³-hybridized carbons (Fsp3) is 0.0667. The maximum atomic E-state index is 5.74. The second-order valence-corrected chi connectivity index (χ2v) is 7.77. The molecule has 164 valence electrons. The van der Waals surface area contributed by atoms with Gasteiger partial charge >= 0.3 is 0 Å². The summed E-state index contributed by atoms with van der Waals surface area (Å²) < 4.78 is 2.29. The van der Waals surface area contributed by atoms with Crippen LogP contribution in [0, 0.1) is 0 Å². The molecule has 3 aromatic rings. The zero-order valence-corrected chi connectivity index (χ0v) is 19.0. The van der Waals surface area contributed by atoms with Crippen LogP contribution in [0.4, 0.5) is 0 Å². The molecule has 0 saturated heterocycles. The second kappa shape index (κ2) is 10.0. The summed E-state index contributed by atoms with van der Waals surface area (Å²) in [6.07, 6.45) is 18.4. The van der Waals surface area contributed by atoms with Crippen LogP contribution >= 0.6 is 0 Å². The molecule has 2 aromatic carbocycles. The van der Waals surface area contributed by atoms with Gasteiger partial charge in [0.1, 0.15) is 0 Å². The van der Waals surface area contributed by atoms with Gasteiger partial charge in [-0.1, -0.05) is 73.9 Å². The van der Waals surface area contributed by atoms with E-state index < -0.39 is 0 Å². The molecule has 3 nitrogen and oxygen atoms in total. The van der Waals surface area contributed by atoms with Crippen molar-refractivity contribution in [1.82, 2.24) is 9.47 Å². The Kier molecular flexibility index (Phi) is 6.72. The molecule has 2 N–H and O–H groups in total. The summed E-state index contributed by atoms with van der Waals surface area (Å²) in [4.78, 5) is 2.12. The highest BCUT2D eigenvalue weighted by molar-refractivity contribution is 5.85. The van der Waals surface area contributed by atoms with Crippen LogP contribution in [0.25, 0.3) is 28.9 Å². The first-order chi connectivity index (χ1) is 16.1. The Bertz CT molecular complexity index is 1430. The molecule has 0 fully saturated rings. The van der Waals surface area contributed by atoms with Gasteiger partial charge in [0.05, 0.1) is 10.9 Å². The fourth-order valence-corrected chi connectivity index (χ4v) is 3.96. The van der Waals surface area contributed by atoms with Gasteiger partial charge in [-0.15, -0.1) is 0 Å². The molecule has 4 rings (SSSR count). The molecule has 1 aromatic heterocycles. The molecular weight excluding hydrogens is 402 g/mol. The van der Waals surface area contributed by atoms with Gasteiger partial charge in [0.15, 0.2) is 0 Å². The van der Waals surface area contributed by atoms with Crippen molar-refractivity contribution in [1.29, 1.82) is 0 Å². The van der Waals surface area contributed by atoms with E-state index in [4.69, 9.17) is 5.73 Å². The van der Waals surface area contributed by atoms with E-state index in [-0.39, 0.29) is 0 Å². The van der Waals surface area contributed by atoms with Gasteiger partial charge < -0.3 is 15.2 Å². The number of para-hydroxylation sites is 2. The molecule has 0 unspecified atom stereocenters. The highest BCUT2D eigenvalue weighted by Crippen LogP contribution is 2.17. The minimum absolute atomic E-state index is 0.484. The third kappa shape index (κ3) is 4.59. The number of nitrogens with two attached hydrogens (primary N) is 1. The summed E-state index contributed by atoms with van der Waals surface area (Å²) in [7, 11) is 0. The smallest absolute Gasteiger partial charge is 0.0707 e. The van der Waals surface area contributed by atoms with E-state index in [1.165, 1.54) is 0 Å². The number of fused-ring (bicyclic) bond motifs is 3. The van der Waals surface area contributed by atoms with Crippen molar-refractivity contribution in [3.63, 3.8) is 0 Å². The fourth-order valence-electron chi connectivity index (χ4n) is 3.96. The SMILES string of the molecule is C=C1/C=C\C=C/N(C(/C=C\CN)=C/C)/C=c2\c(c3ccccc3n2-c2ccccc2)=C/C1=C. The predicted molar refractivity (Wildman–Crippen MR) is 142 cm³/mol. The monoisotopic (exact) mass is 431 g/mol. The summed E-state index contributed by atoms with van der Waals surface area (Å²) in [5, 5.41) is 3.32. The Hall–Kier alpha value is -4.08. The van der Waals surface area contributed by atoms with Crippen LogP contribution in [0.2, 0.25) is 0 Å². The van der Waals surface area contributed by atoms with E-state index >= 15 is 0 Å².